The predicted octanol–water partition coefficient (Wildman–Crippen LogP) is -2.21. The van der Waals surface area contributed by atoms with Crippen LogP contribution in [0.5, 0.6) is 0 Å². The Morgan fingerprint density at radius 3 is 2.40 bits per heavy atom. The van der Waals surface area contributed by atoms with Crippen molar-refractivity contribution in [3.63, 3.8) is 0 Å². The highest BCUT2D eigenvalue weighted by atomic mass is 16.6. The number of rotatable bonds is 4. The van der Waals surface area contributed by atoms with Gasteiger partial charge in [0.05, 0.1) is 12.6 Å². The van der Waals surface area contributed by atoms with Gasteiger partial charge in [0.25, 0.3) is 0 Å². The highest BCUT2D eigenvalue weighted by Crippen LogP contribution is 2.19. The van der Waals surface area contributed by atoms with E-state index in [1.807, 2.05) is 6.92 Å². The normalized spacial score (nSPS) is 41.8. The smallest absolute Gasteiger partial charge is 0.173 e. The van der Waals surface area contributed by atoms with E-state index in [0.29, 0.717) is 6.54 Å². The minimum Gasteiger partial charge on any atom is -0.394 e. The van der Waals surface area contributed by atoms with E-state index in [9.17, 15) is 15.3 Å². The SMILES string of the molecule is CCCN[C@@H]1C(O)O[C@H](CO)[C@@H](O)[C@@H]1O. The van der Waals surface area contributed by atoms with E-state index in [0.717, 1.165) is 6.42 Å². The zero-order valence-corrected chi connectivity index (χ0v) is 8.71. The molecule has 1 heterocycles. The van der Waals surface area contributed by atoms with Crippen LogP contribution in [0.4, 0.5) is 0 Å². The minimum absolute atomic E-state index is 0.435. The van der Waals surface area contributed by atoms with E-state index >= 15 is 0 Å². The first kappa shape index (κ1) is 12.8. The molecule has 1 saturated heterocycles. The van der Waals surface area contributed by atoms with Gasteiger partial charge in [-0.15, -0.1) is 0 Å². The van der Waals surface area contributed by atoms with Crippen molar-refractivity contribution in [1.29, 1.82) is 0 Å². The van der Waals surface area contributed by atoms with Crippen LogP contribution >= 0.6 is 0 Å². The van der Waals surface area contributed by atoms with Crippen LogP contribution in [0.15, 0.2) is 0 Å². The third kappa shape index (κ3) is 2.87. The van der Waals surface area contributed by atoms with Crippen molar-refractivity contribution in [3.8, 4) is 0 Å². The number of hydrogen-bond acceptors (Lipinski definition) is 6. The summed E-state index contributed by atoms with van der Waals surface area (Å²) in [4.78, 5) is 0. The molecule has 0 aromatic carbocycles. The molecule has 0 saturated carbocycles. The third-order valence-corrected chi connectivity index (χ3v) is 2.53. The second kappa shape index (κ2) is 5.74. The van der Waals surface area contributed by atoms with Crippen molar-refractivity contribution in [3.05, 3.63) is 0 Å². The molecule has 0 radical (unpaired) electrons. The molecular formula is C9H19NO5. The van der Waals surface area contributed by atoms with Gasteiger partial charge in [0.2, 0.25) is 0 Å². The second-order valence-corrected chi connectivity index (χ2v) is 3.71. The Morgan fingerprint density at radius 1 is 1.20 bits per heavy atom. The quantitative estimate of drug-likeness (QED) is 0.369. The molecule has 1 aliphatic heterocycles. The van der Waals surface area contributed by atoms with Gasteiger partial charge in [0.1, 0.15) is 18.3 Å². The molecule has 1 rings (SSSR count). The summed E-state index contributed by atoms with van der Waals surface area (Å²) in [6.45, 7) is 2.12. The van der Waals surface area contributed by atoms with Gasteiger partial charge in [-0.3, -0.25) is 0 Å². The van der Waals surface area contributed by atoms with Crippen LogP contribution < -0.4 is 5.32 Å². The third-order valence-electron chi connectivity index (χ3n) is 2.53. The summed E-state index contributed by atoms with van der Waals surface area (Å²) in [5.74, 6) is 0. The Hall–Kier alpha value is -0.240. The maximum atomic E-state index is 9.67. The van der Waals surface area contributed by atoms with Gasteiger partial charge in [-0.2, -0.15) is 0 Å². The first-order chi connectivity index (χ1) is 7.11. The number of aliphatic hydroxyl groups is 4. The number of aliphatic hydroxyl groups excluding tert-OH is 4. The first-order valence-electron chi connectivity index (χ1n) is 5.15. The lowest BCUT2D eigenvalue weighted by atomic mass is 9.97. The molecule has 0 spiro atoms. The Balaban J connectivity index is 2.58. The lowest BCUT2D eigenvalue weighted by Gasteiger charge is -2.40. The zero-order valence-electron chi connectivity index (χ0n) is 8.71. The van der Waals surface area contributed by atoms with Gasteiger partial charge in [-0.1, -0.05) is 6.92 Å². The predicted molar refractivity (Wildman–Crippen MR) is 52.1 cm³/mol. The molecule has 15 heavy (non-hydrogen) atoms. The average Bonchev–Trinajstić information content (AvgIpc) is 2.23. The first-order valence-corrected chi connectivity index (χ1v) is 5.15. The van der Waals surface area contributed by atoms with Crippen LogP contribution in [0.3, 0.4) is 0 Å². The Bertz CT molecular complexity index is 191. The fourth-order valence-electron chi connectivity index (χ4n) is 1.63. The maximum absolute atomic E-state index is 9.67. The van der Waals surface area contributed by atoms with Crippen LogP contribution in [-0.4, -0.2) is 64.2 Å². The van der Waals surface area contributed by atoms with E-state index in [-0.39, 0.29) is 0 Å². The van der Waals surface area contributed by atoms with Crippen molar-refractivity contribution in [2.45, 2.75) is 44.0 Å². The molecule has 1 unspecified atom stereocenters. The molecular weight excluding hydrogens is 202 g/mol. The van der Waals surface area contributed by atoms with Gasteiger partial charge in [0.15, 0.2) is 6.29 Å². The Labute approximate surface area is 88.5 Å². The largest absolute Gasteiger partial charge is 0.394 e. The summed E-state index contributed by atoms with van der Waals surface area (Å²) in [7, 11) is 0. The van der Waals surface area contributed by atoms with Gasteiger partial charge in [-0.25, -0.2) is 0 Å². The zero-order chi connectivity index (χ0) is 11.4. The highest BCUT2D eigenvalue weighted by Gasteiger charge is 2.43. The van der Waals surface area contributed by atoms with E-state index in [1.54, 1.807) is 0 Å². The maximum Gasteiger partial charge on any atom is 0.173 e. The summed E-state index contributed by atoms with van der Waals surface area (Å²) in [5.41, 5.74) is 0. The molecule has 5 atom stereocenters. The van der Waals surface area contributed by atoms with E-state index in [2.05, 4.69) is 5.32 Å². The number of hydrogen-bond donors (Lipinski definition) is 5. The van der Waals surface area contributed by atoms with Gasteiger partial charge in [-0.05, 0) is 13.0 Å². The fraction of sp³-hybridized carbons (Fsp3) is 1.00. The number of ether oxygens (including phenoxy) is 1. The average molecular weight is 221 g/mol. The lowest BCUT2D eigenvalue weighted by molar-refractivity contribution is -0.254. The molecule has 5 N–H and O–H groups in total. The molecule has 6 nitrogen and oxygen atoms in total. The molecule has 0 aromatic heterocycles. The van der Waals surface area contributed by atoms with E-state index in [1.165, 1.54) is 0 Å². The van der Waals surface area contributed by atoms with Gasteiger partial charge in [0, 0.05) is 0 Å². The summed E-state index contributed by atoms with van der Waals surface area (Å²) >= 11 is 0. The molecule has 0 aliphatic carbocycles. The standard InChI is InChI=1S/C9H19NO5/c1-2-3-10-6-8(13)7(12)5(4-11)15-9(6)14/h5-14H,2-4H2,1H3/t5-,6+,7-,8-,9?/m1/s1. The van der Waals surface area contributed by atoms with Crippen LogP contribution in [0.25, 0.3) is 0 Å². The van der Waals surface area contributed by atoms with Crippen LogP contribution in [0, 0.1) is 0 Å². The topological polar surface area (TPSA) is 102 Å². The van der Waals surface area contributed by atoms with Gasteiger partial charge >= 0.3 is 0 Å². The summed E-state index contributed by atoms with van der Waals surface area (Å²) in [5, 5.41) is 40.4. The molecule has 6 heteroatoms. The molecule has 1 aliphatic rings. The van der Waals surface area contributed by atoms with Crippen molar-refractivity contribution in [1.82, 2.24) is 5.32 Å². The van der Waals surface area contributed by atoms with Crippen LogP contribution in [-0.2, 0) is 4.74 Å². The van der Waals surface area contributed by atoms with E-state index < -0.39 is 37.3 Å². The summed E-state index contributed by atoms with van der Waals surface area (Å²) < 4.78 is 4.96. The Kier molecular flexibility index (Phi) is 4.91. The second-order valence-electron chi connectivity index (χ2n) is 3.71. The summed E-state index contributed by atoms with van der Waals surface area (Å²) in [6.07, 6.45) is -3.64. The van der Waals surface area contributed by atoms with Crippen molar-refractivity contribution in [2.24, 2.45) is 0 Å². The van der Waals surface area contributed by atoms with Crippen LogP contribution in [0.1, 0.15) is 13.3 Å². The van der Waals surface area contributed by atoms with Crippen LogP contribution in [0.2, 0.25) is 0 Å². The van der Waals surface area contributed by atoms with Crippen molar-refractivity contribution in [2.75, 3.05) is 13.2 Å². The molecule has 90 valence electrons. The van der Waals surface area contributed by atoms with Gasteiger partial charge < -0.3 is 30.5 Å². The highest BCUT2D eigenvalue weighted by molar-refractivity contribution is 4.92. The summed E-state index contributed by atoms with van der Waals surface area (Å²) in [6, 6.07) is -0.720. The molecule has 0 aromatic rings. The number of nitrogens with one attached hydrogen (secondary N) is 1. The van der Waals surface area contributed by atoms with E-state index in [4.69, 9.17) is 9.84 Å². The molecule has 0 amide bonds. The monoisotopic (exact) mass is 221 g/mol. The minimum atomic E-state index is -1.22. The molecule has 0 bridgehead atoms. The lowest BCUT2D eigenvalue weighted by Crippen LogP contribution is -2.63. The molecule has 1 fully saturated rings. The Morgan fingerprint density at radius 2 is 1.87 bits per heavy atom. The van der Waals surface area contributed by atoms with Crippen molar-refractivity contribution < 1.29 is 25.2 Å². The van der Waals surface area contributed by atoms with Crippen molar-refractivity contribution >= 4 is 0 Å². The fourth-order valence-corrected chi connectivity index (χ4v) is 1.63.